The SMILES string of the molecule is O=C(N[C@H](CO)Cc1ccccc1)C1CCCCN1. The Morgan fingerprint density at radius 3 is 2.79 bits per heavy atom. The molecule has 1 aliphatic heterocycles. The molecule has 4 heteroatoms. The molecule has 0 saturated carbocycles. The quantitative estimate of drug-likeness (QED) is 0.737. The molecule has 1 aromatic rings. The summed E-state index contributed by atoms with van der Waals surface area (Å²) in [7, 11) is 0. The zero-order chi connectivity index (χ0) is 13.5. The van der Waals surface area contributed by atoms with Crippen molar-refractivity contribution in [2.45, 2.75) is 37.8 Å². The maximum atomic E-state index is 12.1. The van der Waals surface area contributed by atoms with Crippen molar-refractivity contribution < 1.29 is 9.90 Å². The summed E-state index contributed by atoms with van der Waals surface area (Å²) in [5.41, 5.74) is 1.12. The van der Waals surface area contributed by atoms with Crippen LogP contribution in [0.15, 0.2) is 30.3 Å². The van der Waals surface area contributed by atoms with Crippen LogP contribution in [0.4, 0.5) is 0 Å². The number of carbonyl (C=O) groups is 1. The molecule has 0 aliphatic carbocycles. The van der Waals surface area contributed by atoms with Crippen molar-refractivity contribution in [1.82, 2.24) is 10.6 Å². The van der Waals surface area contributed by atoms with Crippen molar-refractivity contribution >= 4 is 5.91 Å². The molecule has 0 radical (unpaired) electrons. The lowest BCUT2D eigenvalue weighted by molar-refractivity contribution is -0.124. The minimum atomic E-state index is -0.210. The maximum absolute atomic E-state index is 12.1. The van der Waals surface area contributed by atoms with Gasteiger partial charge in [0.15, 0.2) is 0 Å². The fraction of sp³-hybridized carbons (Fsp3) is 0.533. The van der Waals surface area contributed by atoms with Crippen LogP contribution >= 0.6 is 0 Å². The smallest absolute Gasteiger partial charge is 0.237 e. The number of aliphatic hydroxyl groups excluding tert-OH is 1. The second-order valence-corrected chi connectivity index (χ2v) is 5.08. The molecule has 1 aromatic carbocycles. The van der Waals surface area contributed by atoms with E-state index in [4.69, 9.17) is 0 Å². The van der Waals surface area contributed by atoms with E-state index in [-0.39, 0.29) is 24.6 Å². The highest BCUT2D eigenvalue weighted by molar-refractivity contribution is 5.82. The van der Waals surface area contributed by atoms with Gasteiger partial charge in [-0.25, -0.2) is 0 Å². The molecule has 1 fully saturated rings. The summed E-state index contributed by atoms with van der Waals surface area (Å²) in [5, 5.41) is 15.6. The third-order valence-electron chi connectivity index (χ3n) is 3.52. The number of hydrogen-bond donors (Lipinski definition) is 3. The molecule has 4 nitrogen and oxygen atoms in total. The van der Waals surface area contributed by atoms with Crippen LogP contribution in [0.5, 0.6) is 0 Å². The van der Waals surface area contributed by atoms with E-state index in [0.29, 0.717) is 6.42 Å². The number of carbonyl (C=O) groups excluding carboxylic acids is 1. The van der Waals surface area contributed by atoms with Crippen molar-refractivity contribution in [3.05, 3.63) is 35.9 Å². The summed E-state index contributed by atoms with van der Waals surface area (Å²) >= 11 is 0. The normalized spacial score (nSPS) is 20.8. The number of amides is 1. The lowest BCUT2D eigenvalue weighted by atomic mass is 10.0. The zero-order valence-corrected chi connectivity index (χ0v) is 11.1. The van der Waals surface area contributed by atoms with Crippen LogP contribution in [0.2, 0.25) is 0 Å². The van der Waals surface area contributed by atoms with Crippen molar-refractivity contribution in [3.8, 4) is 0 Å². The Balaban J connectivity index is 1.86. The van der Waals surface area contributed by atoms with Crippen molar-refractivity contribution in [3.63, 3.8) is 0 Å². The van der Waals surface area contributed by atoms with E-state index >= 15 is 0 Å². The van der Waals surface area contributed by atoms with Crippen LogP contribution in [0.1, 0.15) is 24.8 Å². The highest BCUT2D eigenvalue weighted by Crippen LogP contribution is 2.08. The van der Waals surface area contributed by atoms with Gasteiger partial charge in [-0.2, -0.15) is 0 Å². The molecule has 0 bridgehead atoms. The molecule has 1 aliphatic rings. The van der Waals surface area contributed by atoms with E-state index < -0.39 is 0 Å². The van der Waals surface area contributed by atoms with Gasteiger partial charge in [0.05, 0.1) is 18.7 Å². The Morgan fingerprint density at radius 1 is 1.37 bits per heavy atom. The minimum absolute atomic E-state index is 0.00896. The third-order valence-corrected chi connectivity index (χ3v) is 3.52. The zero-order valence-electron chi connectivity index (χ0n) is 11.1. The van der Waals surface area contributed by atoms with Gasteiger partial charge in [0, 0.05) is 0 Å². The molecular formula is C15H22N2O2. The average molecular weight is 262 g/mol. The molecular weight excluding hydrogens is 240 g/mol. The molecule has 1 amide bonds. The van der Waals surface area contributed by atoms with Crippen molar-refractivity contribution in [1.29, 1.82) is 0 Å². The first-order valence-electron chi connectivity index (χ1n) is 6.98. The summed E-state index contributed by atoms with van der Waals surface area (Å²) in [6, 6.07) is 9.60. The largest absolute Gasteiger partial charge is 0.394 e. The second-order valence-electron chi connectivity index (χ2n) is 5.08. The van der Waals surface area contributed by atoms with Crippen molar-refractivity contribution in [2.75, 3.05) is 13.2 Å². The lowest BCUT2D eigenvalue weighted by Gasteiger charge is -2.25. The molecule has 2 rings (SSSR count). The number of hydrogen-bond acceptors (Lipinski definition) is 3. The molecule has 3 N–H and O–H groups in total. The molecule has 2 atom stereocenters. The van der Waals surface area contributed by atoms with Crippen LogP contribution in [0, 0.1) is 0 Å². The molecule has 0 spiro atoms. The van der Waals surface area contributed by atoms with Gasteiger partial charge in [0.2, 0.25) is 5.91 Å². The Bertz CT molecular complexity index is 388. The van der Waals surface area contributed by atoms with Gasteiger partial charge in [-0.3, -0.25) is 4.79 Å². The standard InChI is InChI=1S/C15H22N2O2/c18-11-13(10-12-6-2-1-3-7-12)17-15(19)14-8-4-5-9-16-14/h1-3,6-7,13-14,16,18H,4-5,8-11H2,(H,17,19)/t13-,14?/m0/s1. The van der Waals surface area contributed by atoms with E-state index in [9.17, 15) is 9.90 Å². The van der Waals surface area contributed by atoms with Gasteiger partial charge in [0.1, 0.15) is 0 Å². The lowest BCUT2D eigenvalue weighted by Crippen LogP contribution is -2.51. The van der Waals surface area contributed by atoms with Gasteiger partial charge in [-0.15, -0.1) is 0 Å². The van der Waals surface area contributed by atoms with Gasteiger partial charge < -0.3 is 15.7 Å². The summed E-state index contributed by atoms with van der Waals surface area (Å²) in [6.45, 7) is 0.869. The monoisotopic (exact) mass is 262 g/mol. The third kappa shape index (κ3) is 4.33. The van der Waals surface area contributed by atoms with Crippen molar-refractivity contribution in [2.24, 2.45) is 0 Å². The molecule has 0 aromatic heterocycles. The molecule has 1 unspecified atom stereocenters. The second kappa shape index (κ2) is 7.26. The summed E-state index contributed by atoms with van der Waals surface area (Å²) in [4.78, 5) is 12.1. The van der Waals surface area contributed by atoms with Crippen LogP contribution in [-0.4, -0.2) is 36.2 Å². The highest BCUT2D eigenvalue weighted by Gasteiger charge is 2.22. The number of benzene rings is 1. The molecule has 1 saturated heterocycles. The van der Waals surface area contributed by atoms with Gasteiger partial charge in [0.25, 0.3) is 0 Å². The van der Waals surface area contributed by atoms with Gasteiger partial charge >= 0.3 is 0 Å². The van der Waals surface area contributed by atoms with Crippen LogP contribution in [0.3, 0.4) is 0 Å². The van der Waals surface area contributed by atoms with E-state index in [1.165, 1.54) is 0 Å². The number of rotatable bonds is 5. The first-order valence-corrected chi connectivity index (χ1v) is 6.98. The maximum Gasteiger partial charge on any atom is 0.237 e. The van der Waals surface area contributed by atoms with Crippen LogP contribution in [-0.2, 0) is 11.2 Å². The van der Waals surface area contributed by atoms with E-state index in [0.717, 1.165) is 31.4 Å². The number of piperidine rings is 1. The first-order chi connectivity index (χ1) is 9.29. The predicted octanol–water partition coefficient (Wildman–Crippen LogP) is 0.848. The number of nitrogens with one attached hydrogen (secondary N) is 2. The Labute approximate surface area is 114 Å². The van der Waals surface area contributed by atoms with E-state index in [1.807, 2.05) is 30.3 Å². The van der Waals surface area contributed by atoms with Crippen LogP contribution in [0.25, 0.3) is 0 Å². The average Bonchev–Trinajstić information content (AvgIpc) is 2.48. The van der Waals surface area contributed by atoms with E-state index in [2.05, 4.69) is 10.6 Å². The van der Waals surface area contributed by atoms with Crippen LogP contribution < -0.4 is 10.6 Å². The fourth-order valence-corrected chi connectivity index (χ4v) is 2.44. The summed E-state index contributed by atoms with van der Waals surface area (Å²) in [6.07, 6.45) is 3.77. The number of aliphatic hydroxyl groups is 1. The highest BCUT2D eigenvalue weighted by atomic mass is 16.3. The molecule has 1 heterocycles. The van der Waals surface area contributed by atoms with E-state index in [1.54, 1.807) is 0 Å². The predicted molar refractivity (Wildman–Crippen MR) is 74.8 cm³/mol. The summed E-state index contributed by atoms with van der Waals surface area (Å²) in [5.74, 6) is 0.00896. The summed E-state index contributed by atoms with van der Waals surface area (Å²) < 4.78 is 0. The Hall–Kier alpha value is -1.39. The first kappa shape index (κ1) is 14.0. The Morgan fingerprint density at radius 2 is 2.16 bits per heavy atom. The minimum Gasteiger partial charge on any atom is -0.394 e. The Kier molecular flexibility index (Phi) is 5.36. The molecule has 19 heavy (non-hydrogen) atoms. The topological polar surface area (TPSA) is 61.4 Å². The fourth-order valence-electron chi connectivity index (χ4n) is 2.44. The van der Waals surface area contributed by atoms with Gasteiger partial charge in [-0.05, 0) is 31.4 Å². The molecule has 104 valence electrons. The van der Waals surface area contributed by atoms with Gasteiger partial charge in [-0.1, -0.05) is 36.8 Å².